The number of ether oxygens (including phenoxy) is 1. The van der Waals surface area contributed by atoms with Crippen molar-refractivity contribution in [3.8, 4) is 5.75 Å². The van der Waals surface area contributed by atoms with E-state index in [2.05, 4.69) is 5.32 Å². The summed E-state index contributed by atoms with van der Waals surface area (Å²) in [5.41, 5.74) is 0.405. The van der Waals surface area contributed by atoms with Gasteiger partial charge in [0.2, 0.25) is 0 Å². The molecule has 5 nitrogen and oxygen atoms in total. The fourth-order valence-electron chi connectivity index (χ4n) is 2.21. The SMILES string of the molecule is CC(C)(C)[C@@H](NC(=O)C1Cc2ccccc2O1)C(=O)O. The molecule has 0 radical (unpaired) electrons. The van der Waals surface area contributed by atoms with Crippen LogP contribution in [0.3, 0.4) is 0 Å². The Labute approximate surface area is 117 Å². The molecule has 0 bridgehead atoms. The van der Waals surface area contributed by atoms with Crippen LogP contribution in [-0.2, 0) is 16.0 Å². The van der Waals surface area contributed by atoms with Gasteiger partial charge in [-0.25, -0.2) is 4.79 Å². The second kappa shape index (κ2) is 5.15. The summed E-state index contributed by atoms with van der Waals surface area (Å²) >= 11 is 0. The minimum atomic E-state index is -1.04. The highest BCUT2D eigenvalue weighted by atomic mass is 16.5. The topological polar surface area (TPSA) is 75.6 Å². The number of aliphatic carboxylic acids is 1. The molecule has 1 aromatic carbocycles. The largest absolute Gasteiger partial charge is 0.480 e. The molecule has 0 fully saturated rings. The summed E-state index contributed by atoms with van der Waals surface area (Å²) in [4.78, 5) is 23.4. The molecule has 0 saturated carbocycles. The Morgan fingerprint density at radius 2 is 2.00 bits per heavy atom. The van der Waals surface area contributed by atoms with Crippen molar-refractivity contribution in [2.45, 2.75) is 39.3 Å². The Hall–Kier alpha value is -2.04. The zero-order valence-corrected chi connectivity index (χ0v) is 11.8. The minimum absolute atomic E-state index is 0.386. The number of amides is 1. The lowest BCUT2D eigenvalue weighted by Gasteiger charge is -2.28. The summed E-state index contributed by atoms with van der Waals surface area (Å²) in [7, 11) is 0. The summed E-state index contributed by atoms with van der Waals surface area (Å²) in [6.45, 7) is 5.32. The van der Waals surface area contributed by atoms with E-state index < -0.39 is 23.5 Å². The van der Waals surface area contributed by atoms with E-state index in [9.17, 15) is 14.7 Å². The van der Waals surface area contributed by atoms with Crippen LogP contribution >= 0.6 is 0 Å². The molecule has 0 saturated heterocycles. The number of hydrogen-bond donors (Lipinski definition) is 2. The van der Waals surface area contributed by atoms with Crippen LogP contribution in [0.25, 0.3) is 0 Å². The number of carboxylic acid groups (broad SMARTS) is 1. The van der Waals surface area contributed by atoms with Crippen LogP contribution in [0.5, 0.6) is 5.75 Å². The number of carbonyl (C=O) groups is 2. The van der Waals surface area contributed by atoms with Crippen molar-refractivity contribution in [1.29, 1.82) is 0 Å². The molecule has 0 aliphatic carbocycles. The summed E-state index contributed by atoms with van der Waals surface area (Å²) < 4.78 is 5.56. The van der Waals surface area contributed by atoms with E-state index in [1.807, 2.05) is 18.2 Å². The molecule has 1 amide bonds. The molecule has 20 heavy (non-hydrogen) atoms. The summed E-state index contributed by atoms with van der Waals surface area (Å²) in [6.07, 6.45) is -0.185. The first-order valence-electron chi connectivity index (χ1n) is 6.57. The van der Waals surface area contributed by atoms with E-state index in [1.54, 1.807) is 26.8 Å². The Morgan fingerprint density at radius 1 is 1.35 bits per heavy atom. The lowest BCUT2D eigenvalue weighted by Crippen LogP contribution is -2.52. The maximum Gasteiger partial charge on any atom is 0.326 e. The van der Waals surface area contributed by atoms with Crippen molar-refractivity contribution in [1.82, 2.24) is 5.32 Å². The van der Waals surface area contributed by atoms with Gasteiger partial charge >= 0.3 is 5.97 Å². The number of nitrogens with one attached hydrogen (secondary N) is 1. The van der Waals surface area contributed by atoms with Gasteiger partial charge in [0.1, 0.15) is 11.8 Å². The molecule has 2 atom stereocenters. The molecule has 0 spiro atoms. The third-order valence-corrected chi connectivity index (χ3v) is 3.34. The van der Waals surface area contributed by atoms with Crippen molar-refractivity contribution in [3.05, 3.63) is 29.8 Å². The standard InChI is InChI=1S/C15H19NO4/c1-15(2,3)12(14(18)19)16-13(17)11-8-9-6-4-5-7-10(9)20-11/h4-7,11-12H,8H2,1-3H3,(H,16,17)(H,18,19)/t11?,12-/m0/s1. The third kappa shape index (κ3) is 2.92. The van der Waals surface area contributed by atoms with Crippen LogP contribution in [0.1, 0.15) is 26.3 Å². The smallest absolute Gasteiger partial charge is 0.326 e. The van der Waals surface area contributed by atoms with Gasteiger partial charge in [-0.05, 0) is 17.0 Å². The fourth-order valence-corrected chi connectivity index (χ4v) is 2.21. The second-order valence-electron chi connectivity index (χ2n) is 6.06. The van der Waals surface area contributed by atoms with E-state index in [1.165, 1.54) is 0 Å². The van der Waals surface area contributed by atoms with E-state index in [4.69, 9.17) is 4.74 Å². The summed E-state index contributed by atoms with van der Waals surface area (Å²) in [5.74, 6) is -0.736. The van der Waals surface area contributed by atoms with Crippen molar-refractivity contribution in [2.24, 2.45) is 5.41 Å². The van der Waals surface area contributed by atoms with Gasteiger partial charge in [-0.15, -0.1) is 0 Å². The number of carboxylic acids is 1. The average molecular weight is 277 g/mol. The van der Waals surface area contributed by atoms with Crippen LogP contribution in [0.2, 0.25) is 0 Å². The first kappa shape index (κ1) is 14.4. The highest BCUT2D eigenvalue weighted by molar-refractivity contribution is 5.87. The number of hydrogen-bond acceptors (Lipinski definition) is 3. The predicted octanol–water partition coefficient (Wildman–Crippen LogP) is 1.61. The molecular weight excluding hydrogens is 258 g/mol. The number of benzene rings is 1. The van der Waals surface area contributed by atoms with Gasteiger partial charge in [-0.3, -0.25) is 4.79 Å². The molecule has 2 rings (SSSR count). The van der Waals surface area contributed by atoms with Gasteiger partial charge in [0, 0.05) is 6.42 Å². The molecule has 1 aliphatic rings. The Bertz CT molecular complexity index is 508. The highest BCUT2D eigenvalue weighted by Gasteiger charge is 2.36. The molecule has 108 valence electrons. The van der Waals surface area contributed by atoms with Crippen molar-refractivity contribution in [3.63, 3.8) is 0 Å². The molecule has 5 heteroatoms. The molecule has 0 aromatic heterocycles. The van der Waals surface area contributed by atoms with Crippen LogP contribution in [-0.4, -0.2) is 29.1 Å². The quantitative estimate of drug-likeness (QED) is 0.880. The molecule has 1 unspecified atom stereocenters. The van der Waals surface area contributed by atoms with Crippen molar-refractivity contribution < 1.29 is 19.4 Å². The van der Waals surface area contributed by atoms with Gasteiger partial charge in [-0.2, -0.15) is 0 Å². The molecule has 1 aromatic rings. The van der Waals surface area contributed by atoms with Crippen molar-refractivity contribution in [2.75, 3.05) is 0 Å². The average Bonchev–Trinajstić information content (AvgIpc) is 2.77. The van der Waals surface area contributed by atoms with Crippen molar-refractivity contribution >= 4 is 11.9 Å². The summed E-state index contributed by atoms with van der Waals surface area (Å²) in [5, 5.41) is 11.8. The summed E-state index contributed by atoms with van der Waals surface area (Å²) in [6, 6.07) is 6.50. The first-order chi connectivity index (χ1) is 9.29. The molecule has 1 heterocycles. The lowest BCUT2D eigenvalue weighted by atomic mass is 9.86. The van der Waals surface area contributed by atoms with E-state index in [0.717, 1.165) is 5.56 Å². The lowest BCUT2D eigenvalue weighted by molar-refractivity contribution is -0.146. The fraction of sp³-hybridized carbons (Fsp3) is 0.467. The number of para-hydroxylation sites is 1. The highest BCUT2D eigenvalue weighted by Crippen LogP contribution is 2.28. The van der Waals surface area contributed by atoms with E-state index >= 15 is 0 Å². The molecular formula is C15H19NO4. The Kier molecular flexibility index (Phi) is 3.70. The maximum absolute atomic E-state index is 12.2. The van der Waals surface area contributed by atoms with Gasteiger partial charge < -0.3 is 15.2 Å². The minimum Gasteiger partial charge on any atom is -0.480 e. The second-order valence-corrected chi connectivity index (χ2v) is 6.06. The zero-order chi connectivity index (χ0) is 14.9. The number of rotatable bonds is 3. The van der Waals surface area contributed by atoms with Gasteiger partial charge in [-0.1, -0.05) is 39.0 Å². The monoisotopic (exact) mass is 277 g/mol. The maximum atomic E-state index is 12.2. The Morgan fingerprint density at radius 3 is 2.55 bits per heavy atom. The normalized spacial score (nSPS) is 18.9. The van der Waals surface area contributed by atoms with Crippen LogP contribution in [0.15, 0.2) is 24.3 Å². The Balaban J connectivity index is 2.05. The molecule has 2 N–H and O–H groups in total. The number of carbonyl (C=O) groups excluding carboxylic acids is 1. The van der Waals surface area contributed by atoms with E-state index in [0.29, 0.717) is 12.2 Å². The van der Waals surface area contributed by atoms with Crippen LogP contribution in [0, 0.1) is 5.41 Å². The van der Waals surface area contributed by atoms with Gasteiger partial charge in [0.25, 0.3) is 5.91 Å². The zero-order valence-electron chi connectivity index (χ0n) is 11.8. The van der Waals surface area contributed by atoms with Gasteiger partial charge in [0.15, 0.2) is 6.10 Å². The van der Waals surface area contributed by atoms with Gasteiger partial charge in [0.05, 0.1) is 0 Å². The number of fused-ring (bicyclic) bond motifs is 1. The van der Waals surface area contributed by atoms with Crippen LogP contribution < -0.4 is 10.1 Å². The molecule has 1 aliphatic heterocycles. The van der Waals surface area contributed by atoms with E-state index in [-0.39, 0.29) is 5.91 Å². The third-order valence-electron chi connectivity index (χ3n) is 3.34. The van der Waals surface area contributed by atoms with Crippen LogP contribution in [0.4, 0.5) is 0 Å². The predicted molar refractivity (Wildman–Crippen MR) is 73.6 cm³/mol. The first-order valence-corrected chi connectivity index (χ1v) is 6.57.